The van der Waals surface area contributed by atoms with E-state index in [9.17, 15) is 8.42 Å². The first kappa shape index (κ1) is 17.1. The van der Waals surface area contributed by atoms with E-state index in [-0.39, 0.29) is 4.90 Å². The highest BCUT2D eigenvalue weighted by Crippen LogP contribution is 2.28. The molecule has 6 nitrogen and oxygen atoms in total. The minimum atomic E-state index is -3.53. The van der Waals surface area contributed by atoms with E-state index in [1.54, 1.807) is 12.1 Å². The third kappa shape index (κ3) is 4.12. The molecule has 1 aliphatic heterocycles. The van der Waals surface area contributed by atoms with Gasteiger partial charge in [-0.25, -0.2) is 13.1 Å². The minimum absolute atomic E-state index is 0.285. The number of unbranched alkanes of at least 4 members (excludes halogenated alkanes) is 1. The molecule has 0 bridgehead atoms. The van der Waals surface area contributed by atoms with Gasteiger partial charge < -0.3 is 15.5 Å². The lowest BCUT2D eigenvalue weighted by atomic mass is 10.2. The molecule has 0 saturated carbocycles. The first-order valence-corrected chi connectivity index (χ1v) is 9.25. The number of piperazine rings is 1. The fraction of sp³-hybridized carbons (Fsp3) is 0.600. The lowest BCUT2D eigenvalue weighted by molar-refractivity contribution is 0.312. The van der Waals surface area contributed by atoms with Crippen LogP contribution in [-0.4, -0.2) is 53.1 Å². The second-order valence-electron chi connectivity index (χ2n) is 5.77. The van der Waals surface area contributed by atoms with Crippen molar-refractivity contribution in [3.8, 4) is 0 Å². The summed E-state index contributed by atoms with van der Waals surface area (Å²) in [5.74, 6) is 0. The standard InChI is InChI=1S/C15H26N4O2S/c1-3-4-7-17-22(20,21)15-12-13(16)5-6-14(15)19-10-8-18(2)9-11-19/h5-6,12,17H,3-4,7-11,16H2,1-2H3. The number of nitrogens with one attached hydrogen (secondary N) is 1. The van der Waals surface area contributed by atoms with Gasteiger partial charge in [-0.1, -0.05) is 13.3 Å². The van der Waals surface area contributed by atoms with Crippen molar-refractivity contribution >= 4 is 21.4 Å². The van der Waals surface area contributed by atoms with Crippen LogP contribution < -0.4 is 15.4 Å². The van der Waals surface area contributed by atoms with Crippen molar-refractivity contribution in [2.45, 2.75) is 24.7 Å². The van der Waals surface area contributed by atoms with E-state index in [1.807, 2.05) is 13.0 Å². The Balaban J connectivity index is 2.27. The zero-order chi connectivity index (χ0) is 16.2. The fourth-order valence-corrected chi connectivity index (χ4v) is 3.85. The largest absolute Gasteiger partial charge is 0.399 e. The molecule has 124 valence electrons. The molecule has 2 rings (SSSR count). The summed E-state index contributed by atoms with van der Waals surface area (Å²) in [6, 6.07) is 5.13. The number of nitrogens with zero attached hydrogens (tertiary/aromatic N) is 2. The summed E-state index contributed by atoms with van der Waals surface area (Å²) in [4.78, 5) is 4.64. The number of nitrogens with two attached hydrogens (primary N) is 1. The number of sulfonamides is 1. The highest BCUT2D eigenvalue weighted by Gasteiger charge is 2.24. The van der Waals surface area contributed by atoms with Crippen LogP contribution in [-0.2, 0) is 10.0 Å². The molecule has 1 heterocycles. The summed E-state index contributed by atoms with van der Waals surface area (Å²) in [5, 5.41) is 0. The SMILES string of the molecule is CCCCNS(=O)(=O)c1cc(N)ccc1N1CCN(C)CC1. The number of anilines is 2. The molecule has 22 heavy (non-hydrogen) atoms. The van der Waals surface area contributed by atoms with Crippen LogP contribution in [0.2, 0.25) is 0 Å². The third-order valence-electron chi connectivity index (χ3n) is 3.94. The van der Waals surface area contributed by atoms with Crippen LogP contribution >= 0.6 is 0 Å². The Morgan fingerprint density at radius 1 is 1.23 bits per heavy atom. The summed E-state index contributed by atoms with van der Waals surface area (Å²) in [6.45, 7) is 5.97. The molecule has 0 unspecified atom stereocenters. The summed E-state index contributed by atoms with van der Waals surface area (Å²) in [5.41, 5.74) is 7.02. The van der Waals surface area contributed by atoms with Gasteiger partial charge in [-0.3, -0.25) is 0 Å². The lowest BCUT2D eigenvalue weighted by Crippen LogP contribution is -2.45. The predicted molar refractivity (Wildman–Crippen MR) is 90.7 cm³/mol. The van der Waals surface area contributed by atoms with E-state index < -0.39 is 10.0 Å². The number of rotatable bonds is 6. The van der Waals surface area contributed by atoms with E-state index in [2.05, 4.69) is 21.6 Å². The predicted octanol–water partition coefficient (Wildman–Crippen LogP) is 1.10. The molecule has 1 aliphatic rings. The molecule has 0 aromatic heterocycles. The Labute approximate surface area is 133 Å². The maximum absolute atomic E-state index is 12.6. The van der Waals surface area contributed by atoms with Crippen molar-refractivity contribution in [1.29, 1.82) is 0 Å². The smallest absolute Gasteiger partial charge is 0.242 e. The average molecular weight is 326 g/mol. The second-order valence-corrected chi connectivity index (χ2v) is 7.50. The van der Waals surface area contributed by atoms with E-state index in [4.69, 9.17) is 5.73 Å². The van der Waals surface area contributed by atoms with Gasteiger partial charge in [-0.15, -0.1) is 0 Å². The van der Waals surface area contributed by atoms with Gasteiger partial charge in [-0.2, -0.15) is 0 Å². The zero-order valence-electron chi connectivity index (χ0n) is 13.4. The summed E-state index contributed by atoms with van der Waals surface area (Å²) >= 11 is 0. The van der Waals surface area contributed by atoms with E-state index in [0.717, 1.165) is 44.7 Å². The number of hydrogen-bond donors (Lipinski definition) is 2. The van der Waals surface area contributed by atoms with Crippen LogP contribution in [0.3, 0.4) is 0 Å². The van der Waals surface area contributed by atoms with Gasteiger partial charge in [0.05, 0.1) is 5.69 Å². The van der Waals surface area contributed by atoms with Crippen LogP contribution in [0.25, 0.3) is 0 Å². The molecular formula is C15H26N4O2S. The van der Waals surface area contributed by atoms with Crippen molar-refractivity contribution in [1.82, 2.24) is 9.62 Å². The van der Waals surface area contributed by atoms with Crippen molar-refractivity contribution in [3.05, 3.63) is 18.2 Å². The number of nitrogen functional groups attached to an aromatic ring is 1. The molecule has 1 aromatic rings. The highest BCUT2D eigenvalue weighted by atomic mass is 32.2. The van der Waals surface area contributed by atoms with Crippen LogP contribution in [0.4, 0.5) is 11.4 Å². The average Bonchev–Trinajstić information content (AvgIpc) is 2.48. The Bertz CT molecular complexity index is 596. The van der Waals surface area contributed by atoms with Crippen LogP contribution in [0, 0.1) is 0 Å². The number of benzene rings is 1. The number of likely N-dealkylation sites (N-methyl/N-ethyl adjacent to an activating group) is 1. The second kappa shape index (κ2) is 7.30. The quantitative estimate of drug-likeness (QED) is 0.604. The first-order valence-electron chi connectivity index (χ1n) is 7.76. The van der Waals surface area contributed by atoms with E-state index in [0.29, 0.717) is 12.2 Å². The third-order valence-corrected chi connectivity index (χ3v) is 5.43. The molecule has 0 atom stereocenters. The molecule has 0 spiro atoms. The fourth-order valence-electron chi connectivity index (χ4n) is 2.52. The van der Waals surface area contributed by atoms with Gasteiger partial charge in [0.2, 0.25) is 10.0 Å². The van der Waals surface area contributed by atoms with Gasteiger partial charge >= 0.3 is 0 Å². The molecule has 1 aromatic carbocycles. The zero-order valence-corrected chi connectivity index (χ0v) is 14.2. The van der Waals surface area contributed by atoms with Gasteiger partial charge in [0.1, 0.15) is 4.90 Å². The summed E-state index contributed by atoms with van der Waals surface area (Å²) in [7, 11) is -1.46. The lowest BCUT2D eigenvalue weighted by Gasteiger charge is -2.35. The van der Waals surface area contributed by atoms with Crippen molar-refractivity contribution in [3.63, 3.8) is 0 Å². The maximum atomic E-state index is 12.6. The number of hydrogen-bond acceptors (Lipinski definition) is 5. The first-order chi connectivity index (χ1) is 10.4. The Morgan fingerprint density at radius 3 is 2.55 bits per heavy atom. The van der Waals surface area contributed by atoms with Crippen LogP contribution in [0.1, 0.15) is 19.8 Å². The van der Waals surface area contributed by atoms with Crippen molar-refractivity contribution < 1.29 is 8.42 Å². The minimum Gasteiger partial charge on any atom is -0.399 e. The van der Waals surface area contributed by atoms with Gasteiger partial charge in [0, 0.05) is 38.4 Å². The summed E-state index contributed by atoms with van der Waals surface area (Å²) in [6.07, 6.45) is 1.77. The highest BCUT2D eigenvalue weighted by molar-refractivity contribution is 7.89. The monoisotopic (exact) mass is 326 g/mol. The molecule has 3 N–H and O–H groups in total. The maximum Gasteiger partial charge on any atom is 0.242 e. The molecule has 0 amide bonds. The van der Waals surface area contributed by atoms with Crippen molar-refractivity contribution in [2.24, 2.45) is 0 Å². The molecule has 1 fully saturated rings. The van der Waals surface area contributed by atoms with Gasteiger partial charge in [0.15, 0.2) is 0 Å². The van der Waals surface area contributed by atoms with Gasteiger partial charge in [0.25, 0.3) is 0 Å². The Morgan fingerprint density at radius 2 is 1.91 bits per heavy atom. The van der Waals surface area contributed by atoms with Gasteiger partial charge in [-0.05, 0) is 31.7 Å². The Hall–Kier alpha value is -1.31. The topological polar surface area (TPSA) is 78.7 Å². The molecule has 0 aliphatic carbocycles. The van der Waals surface area contributed by atoms with E-state index >= 15 is 0 Å². The molecule has 7 heteroatoms. The molecule has 0 radical (unpaired) electrons. The molecular weight excluding hydrogens is 300 g/mol. The summed E-state index contributed by atoms with van der Waals surface area (Å²) < 4.78 is 27.8. The Kier molecular flexibility index (Phi) is 5.66. The molecule has 1 saturated heterocycles. The normalized spacial score (nSPS) is 16.9. The van der Waals surface area contributed by atoms with Crippen LogP contribution in [0.15, 0.2) is 23.1 Å². The van der Waals surface area contributed by atoms with Crippen LogP contribution in [0.5, 0.6) is 0 Å². The van der Waals surface area contributed by atoms with E-state index in [1.165, 1.54) is 0 Å². The van der Waals surface area contributed by atoms with Crippen molar-refractivity contribution in [2.75, 3.05) is 50.4 Å².